The molecule has 0 aliphatic carbocycles. The molecule has 1 aromatic rings. The van der Waals surface area contributed by atoms with Gasteiger partial charge in [-0.2, -0.15) is 0 Å². The van der Waals surface area contributed by atoms with Crippen LogP contribution in [0.15, 0.2) is 12.1 Å². The molecule has 0 aromatic heterocycles. The molecule has 0 spiro atoms. The number of nitrogens with two attached hydrogens (primary N) is 1. The smallest absolute Gasteiger partial charge is 0.132 e. The summed E-state index contributed by atoms with van der Waals surface area (Å²) in [4.78, 5) is 0. The Hall–Kier alpha value is -0.640. The first-order chi connectivity index (χ1) is 6.06. The van der Waals surface area contributed by atoms with Gasteiger partial charge in [-0.15, -0.1) is 0 Å². The number of aliphatic hydroxyl groups excluding tert-OH is 1. The standard InChI is InChI=1S/C9H11ClFNO/c1-5-2-6(10)3-7(9(5)11)8(13)4-12/h2-3,8,13H,4,12H2,1H3. The maximum atomic E-state index is 13.3. The van der Waals surface area contributed by atoms with Gasteiger partial charge in [-0.05, 0) is 24.6 Å². The van der Waals surface area contributed by atoms with Crippen molar-refractivity contribution < 1.29 is 9.50 Å². The Morgan fingerprint density at radius 2 is 2.23 bits per heavy atom. The fourth-order valence-corrected chi connectivity index (χ4v) is 1.40. The van der Waals surface area contributed by atoms with Crippen LogP contribution in [0.2, 0.25) is 5.02 Å². The quantitative estimate of drug-likeness (QED) is 0.770. The van der Waals surface area contributed by atoms with Gasteiger partial charge in [0.05, 0.1) is 6.10 Å². The van der Waals surface area contributed by atoms with Gasteiger partial charge in [-0.3, -0.25) is 0 Å². The summed E-state index contributed by atoms with van der Waals surface area (Å²) in [5.41, 5.74) is 5.79. The number of benzene rings is 1. The van der Waals surface area contributed by atoms with E-state index in [1.807, 2.05) is 0 Å². The normalized spacial score (nSPS) is 13.0. The maximum Gasteiger partial charge on any atom is 0.132 e. The van der Waals surface area contributed by atoms with E-state index in [9.17, 15) is 9.50 Å². The second-order valence-corrected chi connectivity index (χ2v) is 3.31. The highest BCUT2D eigenvalue weighted by atomic mass is 35.5. The molecule has 0 saturated heterocycles. The predicted octanol–water partition coefficient (Wildman–Crippen LogP) is 1.78. The zero-order valence-electron chi connectivity index (χ0n) is 7.22. The van der Waals surface area contributed by atoms with Crippen molar-refractivity contribution in [2.75, 3.05) is 6.54 Å². The Bertz CT molecular complexity index is 317. The van der Waals surface area contributed by atoms with Crippen LogP contribution < -0.4 is 5.73 Å². The molecule has 0 saturated carbocycles. The third kappa shape index (κ3) is 2.18. The zero-order valence-corrected chi connectivity index (χ0v) is 7.98. The molecule has 72 valence electrons. The summed E-state index contributed by atoms with van der Waals surface area (Å²) < 4.78 is 13.3. The minimum absolute atomic E-state index is 0.0172. The van der Waals surface area contributed by atoms with Gasteiger partial charge in [0.25, 0.3) is 0 Å². The van der Waals surface area contributed by atoms with Gasteiger partial charge in [0.2, 0.25) is 0 Å². The summed E-state index contributed by atoms with van der Waals surface area (Å²) in [7, 11) is 0. The van der Waals surface area contributed by atoms with E-state index in [4.69, 9.17) is 17.3 Å². The summed E-state index contributed by atoms with van der Waals surface area (Å²) in [5.74, 6) is -0.442. The summed E-state index contributed by atoms with van der Waals surface area (Å²) >= 11 is 5.70. The number of halogens is 2. The van der Waals surface area contributed by atoms with E-state index in [0.29, 0.717) is 10.6 Å². The fraction of sp³-hybridized carbons (Fsp3) is 0.333. The molecular weight excluding hydrogens is 193 g/mol. The van der Waals surface area contributed by atoms with Crippen LogP contribution in [0.5, 0.6) is 0 Å². The van der Waals surface area contributed by atoms with E-state index in [2.05, 4.69) is 0 Å². The highest BCUT2D eigenvalue weighted by molar-refractivity contribution is 6.30. The predicted molar refractivity (Wildman–Crippen MR) is 50.2 cm³/mol. The number of hydrogen-bond donors (Lipinski definition) is 2. The molecule has 1 atom stereocenters. The zero-order chi connectivity index (χ0) is 10.0. The number of rotatable bonds is 2. The van der Waals surface area contributed by atoms with E-state index in [1.165, 1.54) is 12.1 Å². The maximum absolute atomic E-state index is 13.3. The molecule has 1 aromatic carbocycles. The van der Waals surface area contributed by atoms with Crippen LogP contribution in [0.1, 0.15) is 17.2 Å². The van der Waals surface area contributed by atoms with Crippen molar-refractivity contribution in [2.24, 2.45) is 5.73 Å². The Kier molecular flexibility index (Phi) is 3.25. The highest BCUT2D eigenvalue weighted by Gasteiger charge is 2.13. The van der Waals surface area contributed by atoms with Crippen molar-refractivity contribution in [3.05, 3.63) is 34.1 Å². The molecule has 0 bridgehead atoms. The van der Waals surface area contributed by atoms with Crippen molar-refractivity contribution in [1.82, 2.24) is 0 Å². The lowest BCUT2D eigenvalue weighted by Gasteiger charge is -2.11. The SMILES string of the molecule is Cc1cc(Cl)cc(C(O)CN)c1F. The lowest BCUT2D eigenvalue weighted by atomic mass is 10.1. The van der Waals surface area contributed by atoms with Gasteiger partial charge in [-0.25, -0.2) is 4.39 Å². The molecule has 4 heteroatoms. The molecule has 2 nitrogen and oxygen atoms in total. The monoisotopic (exact) mass is 203 g/mol. The number of hydrogen-bond acceptors (Lipinski definition) is 2. The first kappa shape index (κ1) is 10.4. The van der Waals surface area contributed by atoms with Crippen LogP contribution in [0, 0.1) is 12.7 Å². The van der Waals surface area contributed by atoms with Gasteiger partial charge in [0.15, 0.2) is 0 Å². The summed E-state index contributed by atoms with van der Waals surface area (Å²) in [6.45, 7) is 1.57. The summed E-state index contributed by atoms with van der Waals surface area (Å²) in [6, 6.07) is 2.89. The number of aliphatic hydroxyl groups is 1. The van der Waals surface area contributed by atoms with Crippen LogP contribution >= 0.6 is 11.6 Å². The third-order valence-electron chi connectivity index (χ3n) is 1.83. The first-order valence-electron chi connectivity index (χ1n) is 3.90. The van der Waals surface area contributed by atoms with Crippen LogP contribution in [0.3, 0.4) is 0 Å². The first-order valence-corrected chi connectivity index (χ1v) is 4.27. The van der Waals surface area contributed by atoms with E-state index >= 15 is 0 Å². The Morgan fingerprint density at radius 3 is 2.77 bits per heavy atom. The van der Waals surface area contributed by atoms with Crippen molar-refractivity contribution in [1.29, 1.82) is 0 Å². The van der Waals surface area contributed by atoms with Gasteiger partial charge in [-0.1, -0.05) is 11.6 Å². The second-order valence-electron chi connectivity index (χ2n) is 2.88. The molecule has 0 radical (unpaired) electrons. The van der Waals surface area contributed by atoms with Crippen LogP contribution in [-0.2, 0) is 0 Å². The van der Waals surface area contributed by atoms with Crippen molar-refractivity contribution in [3.8, 4) is 0 Å². The lowest BCUT2D eigenvalue weighted by Crippen LogP contribution is -2.13. The van der Waals surface area contributed by atoms with E-state index in [1.54, 1.807) is 6.92 Å². The minimum atomic E-state index is -0.989. The molecule has 0 aliphatic heterocycles. The highest BCUT2D eigenvalue weighted by Crippen LogP contribution is 2.23. The minimum Gasteiger partial charge on any atom is -0.387 e. The van der Waals surface area contributed by atoms with Crippen LogP contribution in [0.4, 0.5) is 4.39 Å². The van der Waals surface area contributed by atoms with Crippen molar-refractivity contribution >= 4 is 11.6 Å². The summed E-state index contributed by atoms with van der Waals surface area (Å²) in [5, 5.41) is 9.74. The topological polar surface area (TPSA) is 46.2 Å². The molecular formula is C9H11ClFNO. The average molecular weight is 204 g/mol. The molecule has 0 heterocycles. The molecule has 0 amide bonds. The molecule has 0 aliphatic rings. The Labute approximate surface area is 81.1 Å². The molecule has 1 rings (SSSR count). The molecule has 3 N–H and O–H groups in total. The second kappa shape index (κ2) is 4.05. The molecule has 1 unspecified atom stereocenters. The summed E-state index contributed by atoms with van der Waals surface area (Å²) in [6.07, 6.45) is -0.989. The van der Waals surface area contributed by atoms with Crippen molar-refractivity contribution in [2.45, 2.75) is 13.0 Å². The lowest BCUT2D eigenvalue weighted by molar-refractivity contribution is 0.181. The largest absolute Gasteiger partial charge is 0.387 e. The van der Waals surface area contributed by atoms with Crippen molar-refractivity contribution in [3.63, 3.8) is 0 Å². The fourth-order valence-electron chi connectivity index (χ4n) is 1.12. The van der Waals surface area contributed by atoms with Crippen LogP contribution in [-0.4, -0.2) is 11.7 Å². The average Bonchev–Trinajstić information content (AvgIpc) is 2.10. The van der Waals surface area contributed by atoms with E-state index < -0.39 is 11.9 Å². The van der Waals surface area contributed by atoms with E-state index in [0.717, 1.165) is 0 Å². The number of aryl methyl sites for hydroxylation is 1. The Balaban J connectivity index is 3.20. The van der Waals surface area contributed by atoms with Crippen LogP contribution in [0.25, 0.3) is 0 Å². The third-order valence-corrected chi connectivity index (χ3v) is 2.05. The van der Waals surface area contributed by atoms with Gasteiger partial charge in [0.1, 0.15) is 5.82 Å². The molecule has 0 fully saturated rings. The van der Waals surface area contributed by atoms with E-state index in [-0.39, 0.29) is 12.1 Å². The molecule has 13 heavy (non-hydrogen) atoms. The van der Waals surface area contributed by atoms with Gasteiger partial charge < -0.3 is 10.8 Å². The van der Waals surface area contributed by atoms with Gasteiger partial charge in [0, 0.05) is 17.1 Å². The van der Waals surface area contributed by atoms with Gasteiger partial charge >= 0.3 is 0 Å². The Morgan fingerprint density at radius 1 is 1.62 bits per heavy atom.